The van der Waals surface area contributed by atoms with E-state index in [-0.39, 0.29) is 11.8 Å². The quantitative estimate of drug-likeness (QED) is 0.709. The molecule has 1 aliphatic heterocycles. The first kappa shape index (κ1) is 11.5. The lowest BCUT2D eigenvalue weighted by molar-refractivity contribution is -0.137. The fourth-order valence-electron chi connectivity index (χ4n) is 1.70. The van der Waals surface area contributed by atoms with E-state index in [0.29, 0.717) is 12.6 Å². The second-order valence-electron chi connectivity index (χ2n) is 3.93. The molecule has 0 aliphatic carbocycles. The zero-order valence-electron chi connectivity index (χ0n) is 9.03. The zero-order valence-corrected chi connectivity index (χ0v) is 9.03. The van der Waals surface area contributed by atoms with Crippen LogP contribution in [-0.2, 0) is 9.53 Å². The summed E-state index contributed by atoms with van der Waals surface area (Å²) >= 11 is 0. The minimum atomic E-state index is -0.0668. The van der Waals surface area contributed by atoms with Crippen molar-refractivity contribution >= 4 is 5.91 Å². The third-order valence-electron chi connectivity index (χ3n) is 2.86. The normalized spacial score (nSPS) is 20.5. The van der Waals surface area contributed by atoms with Gasteiger partial charge in [0.25, 0.3) is 0 Å². The van der Waals surface area contributed by atoms with Crippen LogP contribution >= 0.6 is 0 Å². The van der Waals surface area contributed by atoms with Gasteiger partial charge in [-0.3, -0.25) is 4.79 Å². The molecule has 1 aliphatic rings. The standard InChI is InChI=1S/C10H20N2O2/c1-8(7-11)10(13)12(2)9-3-5-14-6-4-9/h8-9H,3-7,11H2,1-2H3. The van der Waals surface area contributed by atoms with Gasteiger partial charge in [-0.25, -0.2) is 0 Å². The Morgan fingerprint density at radius 1 is 1.57 bits per heavy atom. The van der Waals surface area contributed by atoms with Gasteiger partial charge in [-0.1, -0.05) is 6.92 Å². The van der Waals surface area contributed by atoms with Gasteiger partial charge in [0.05, 0.1) is 0 Å². The number of carbonyl (C=O) groups is 1. The lowest BCUT2D eigenvalue weighted by Gasteiger charge is -2.32. The second-order valence-corrected chi connectivity index (χ2v) is 3.93. The number of rotatable bonds is 3. The summed E-state index contributed by atoms with van der Waals surface area (Å²) in [7, 11) is 1.87. The minimum absolute atomic E-state index is 0.0668. The number of nitrogens with zero attached hydrogens (tertiary/aromatic N) is 1. The van der Waals surface area contributed by atoms with Crippen LogP contribution in [0.4, 0.5) is 0 Å². The molecule has 0 radical (unpaired) electrons. The first-order chi connectivity index (χ1) is 6.66. The van der Waals surface area contributed by atoms with Crippen LogP contribution in [0.1, 0.15) is 19.8 Å². The summed E-state index contributed by atoms with van der Waals surface area (Å²) < 4.78 is 5.25. The molecule has 1 fully saturated rings. The van der Waals surface area contributed by atoms with Gasteiger partial charge in [0.1, 0.15) is 0 Å². The van der Waals surface area contributed by atoms with Gasteiger partial charge in [0.15, 0.2) is 0 Å². The average molecular weight is 200 g/mol. The largest absolute Gasteiger partial charge is 0.381 e. The van der Waals surface area contributed by atoms with Gasteiger partial charge in [-0.15, -0.1) is 0 Å². The maximum atomic E-state index is 11.8. The van der Waals surface area contributed by atoms with Crippen molar-refractivity contribution in [3.05, 3.63) is 0 Å². The van der Waals surface area contributed by atoms with Crippen molar-refractivity contribution < 1.29 is 9.53 Å². The molecule has 1 amide bonds. The number of hydrogen-bond acceptors (Lipinski definition) is 3. The number of ether oxygens (including phenoxy) is 1. The fourth-order valence-corrected chi connectivity index (χ4v) is 1.70. The molecule has 0 aromatic carbocycles. The molecule has 0 spiro atoms. The summed E-state index contributed by atoms with van der Waals surface area (Å²) in [5.41, 5.74) is 5.47. The van der Waals surface area contributed by atoms with Crippen molar-refractivity contribution in [3.63, 3.8) is 0 Å². The monoisotopic (exact) mass is 200 g/mol. The van der Waals surface area contributed by atoms with Crippen molar-refractivity contribution in [2.45, 2.75) is 25.8 Å². The minimum Gasteiger partial charge on any atom is -0.381 e. The molecule has 2 N–H and O–H groups in total. The van der Waals surface area contributed by atoms with Gasteiger partial charge < -0.3 is 15.4 Å². The van der Waals surface area contributed by atoms with E-state index in [1.807, 2.05) is 18.9 Å². The highest BCUT2D eigenvalue weighted by Crippen LogP contribution is 2.14. The lowest BCUT2D eigenvalue weighted by Crippen LogP contribution is -2.44. The van der Waals surface area contributed by atoms with E-state index in [9.17, 15) is 4.79 Å². The summed E-state index contributed by atoms with van der Waals surface area (Å²) in [6, 6.07) is 0.338. The Bertz CT molecular complexity index is 191. The van der Waals surface area contributed by atoms with E-state index >= 15 is 0 Å². The summed E-state index contributed by atoms with van der Waals surface area (Å²) in [6.07, 6.45) is 1.89. The van der Waals surface area contributed by atoms with Crippen molar-refractivity contribution in [2.24, 2.45) is 11.7 Å². The predicted molar refractivity (Wildman–Crippen MR) is 54.8 cm³/mol. The summed E-state index contributed by atoms with van der Waals surface area (Å²) in [5.74, 6) is 0.0854. The number of carbonyl (C=O) groups excluding carboxylic acids is 1. The number of nitrogens with two attached hydrogens (primary N) is 1. The molecular formula is C10H20N2O2. The van der Waals surface area contributed by atoms with Crippen LogP contribution in [0.3, 0.4) is 0 Å². The Kier molecular flexibility index (Phi) is 4.35. The maximum Gasteiger partial charge on any atom is 0.226 e. The van der Waals surface area contributed by atoms with Gasteiger partial charge in [-0.2, -0.15) is 0 Å². The average Bonchev–Trinajstić information content (AvgIpc) is 2.27. The van der Waals surface area contributed by atoms with Crippen molar-refractivity contribution in [3.8, 4) is 0 Å². The summed E-state index contributed by atoms with van der Waals surface area (Å²) in [6.45, 7) is 3.82. The molecule has 0 aromatic rings. The Morgan fingerprint density at radius 2 is 2.14 bits per heavy atom. The highest BCUT2D eigenvalue weighted by molar-refractivity contribution is 5.78. The van der Waals surface area contributed by atoms with Crippen LogP contribution in [0, 0.1) is 5.92 Å². The van der Waals surface area contributed by atoms with E-state index in [1.165, 1.54) is 0 Å². The highest BCUT2D eigenvalue weighted by Gasteiger charge is 2.24. The van der Waals surface area contributed by atoms with Crippen LogP contribution < -0.4 is 5.73 Å². The number of hydrogen-bond donors (Lipinski definition) is 1. The van der Waals surface area contributed by atoms with Crippen LogP contribution in [0.15, 0.2) is 0 Å². The van der Waals surface area contributed by atoms with Crippen LogP contribution in [0.25, 0.3) is 0 Å². The van der Waals surface area contributed by atoms with Gasteiger partial charge >= 0.3 is 0 Å². The molecule has 1 saturated heterocycles. The predicted octanol–water partition coefficient (Wildman–Crippen LogP) is 0.219. The molecule has 0 bridgehead atoms. The summed E-state index contributed by atoms with van der Waals surface area (Å²) in [4.78, 5) is 13.6. The Balaban J connectivity index is 2.45. The zero-order chi connectivity index (χ0) is 10.6. The Morgan fingerprint density at radius 3 is 2.64 bits per heavy atom. The van der Waals surface area contributed by atoms with E-state index in [0.717, 1.165) is 26.1 Å². The molecule has 0 aromatic heterocycles. The molecule has 82 valence electrons. The third-order valence-corrected chi connectivity index (χ3v) is 2.86. The second kappa shape index (κ2) is 5.32. The molecule has 1 rings (SSSR count). The van der Waals surface area contributed by atoms with Crippen LogP contribution in [0.2, 0.25) is 0 Å². The van der Waals surface area contributed by atoms with E-state index in [1.54, 1.807) is 0 Å². The van der Waals surface area contributed by atoms with Crippen LogP contribution in [-0.4, -0.2) is 43.7 Å². The topological polar surface area (TPSA) is 55.6 Å². The van der Waals surface area contributed by atoms with E-state index in [4.69, 9.17) is 10.5 Å². The molecule has 1 atom stereocenters. The first-order valence-corrected chi connectivity index (χ1v) is 5.21. The Labute approximate surface area is 85.4 Å². The fraction of sp³-hybridized carbons (Fsp3) is 0.900. The molecule has 4 nitrogen and oxygen atoms in total. The lowest BCUT2D eigenvalue weighted by atomic mass is 10.0. The third kappa shape index (κ3) is 2.69. The van der Waals surface area contributed by atoms with Crippen molar-refractivity contribution in [1.82, 2.24) is 4.90 Å². The van der Waals surface area contributed by atoms with E-state index < -0.39 is 0 Å². The molecular weight excluding hydrogens is 180 g/mol. The molecule has 4 heteroatoms. The maximum absolute atomic E-state index is 11.8. The SMILES string of the molecule is CC(CN)C(=O)N(C)C1CCOCC1. The van der Waals surface area contributed by atoms with Crippen LogP contribution in [0.5, 0.6) is 0 Å². The van der Waals surface area contributed by atoms with E-state index in [2.05, 4.69) is 0 Å². The smallest absolute Gasteiger partial charge is 0.226 e. The van der Waals surface area contributed by atoms with Gasteiger partial charge in [-0.05, 0) is 12.8 Å². The van der Waals surface area contributed by atoms with Gasteiger partial charge in [0, 0.05) is 38.8 Å². The van der Waals surface area contributed by atoms with Gasteiger partial charge in [0.2, 0.25) is 5.91 Å². The molecule has 1 heterocycles. The van der Waals surface area contributed by atoms with Crippen molar-refractivity contribution in [2.75, 3.05) is 26.8 Å². The molecule has 14 heavy (non-hydrogen) atoms. The Hall–Kier alpha value is -0.610. The highest BCUT2D eigenvalue weighted by atomic mass is 16.5. The number of amides is 1. The first-order valence-electron chi connectivity index (χ1n) is 5.21. The summed E-state index contributed by atoms with van der Waals surface area (Å²) in [5, 5.41) is 0. The molecule has 0 saturated carbocycles. The molecule has 1 unspecified atom stereocenters. The van der Waals surface area contributed by atoms with Crippen molar-refractivity contribution in [1.29, 1.82) is 0 Å².